The molecule has 1 aliphatic rings. The highest BCUT2D eigenvalue weighted by atomic mass is 16.5. The van der Waals surface area contributed by atoms with Crippen molar-refractivity contribution in [2.45, 2.75) is 31.8 Å². The molecule has 1 aliphatic carbocycles. The van der Waals surface area contributed by atoms with E-state index < -0.39 is 0 Å². The van der Waals surface area contributed by atoms with Gasteiger partial charge in [0.25, 0.3) is 5.56 Å². The summed E-state index contributed by atoms with van der Waals surface area (Å²) in [5.74, 6) is 0.913. The normalized spacial score (nSPS) is 16.4. The lowest BCUT2D eigenvalue weighted by molar-refractivity contribution is 0.409. The van der Waals surface area contributed by atoms with Gasteiger partial charge in [0, 0.05) is 18.0 Å². The number of ether oxygens (including phenoxy) is 1. The van der Waals surface area contributed by atoms with Crippen molar-refractivity contribution in [2.75, 3.05) is 13.7 Å². The molecule has 1 N–H and O–H groups in total. The molecule has 1 aromatic heterocycles. The van der Waals surface area contributed by atoms with Crippen LogP contribution >= 0.6 is 0 Å². The summed E-state index contributed by atoms with van der Waals surface area (Å²) in [5, 5.41) is 9.49. The van der Waals surface area contributed by atoms with Crippen molar-refractivity contribution in [3.63, 3.8) is 0 Å². The third-order valence-electron chi connectivity index (χ3n) is 5.16. The van der Waals surface area contributed by atoms with Crippen LogP contribution in [0.1, 0.15) is 17.5 Å². The standard InChI is InChI=1S/C21H23N3O2/c1-26-19-9-7-15-6-8-18(12-17(15)13-19)22-10-11-24-21(25)20-5-3-2-4-16(20)14-23-24/h2-5,7,9,13-14,18,22H,6,8,10-12H2,1H3/t18-/m1/s1. The Morgan fingerprint density at radius 2 is 2.12 bits per heavy atom. The van der Waals surface area contributed by atoms with Gasteiger partial charge in [0.1, 0.15) is 5.75 Å². The number of hydrogen-bond donors (Lipinski definition) is 1. The molecule has 0 saturated carbocycles. The van der Waals surface area contributed by atoms with E-state index >= 15 is 0 Å². The minimum atomic E-state index is -0.0244. The smallest absolute Gasteiger partial charge is 0.274 e. The molecule has 0 saturated heterocycles. The van der Waals surface area contributed by atoms with Gasteiger partial charge in [-0.1, -0.05) is 24.3 Å². The molecule has 1 atom stereocenters. The summed E-state index contributed by atoms with van der Waals surface area (Å²) in [5.41, 5.74) is 2.74. The molecule has 26 heavy (non-hydrogen) atoms. The van der Waals surface area contributed by atoms with Gasteiger partial charge in [-0.25, -0.2) is 4.68 Å². The highest BCUT2D eigenvalue weighted by Crippen LogP contribution is 2.25. The van der Waals surface area contributed by atoms with Gasteiger partial charge in [-0.15, -0.1) is 0 Å². The molecule has 0 unspecified atom stereocenters. The molecule has 0 spiro atoms. The average Bonchev–Trinajstić information content (AvgIpc) is 2.69. The van der Waals surface area contributed by atoms with Crippen molar-refractivity contribution in [3.8, 4) is 5.75 Å². The summed E-state index contributed by atoms with van der Waals surface area (Å²) < 4.78 is 6.89. The van der Waals surface area contributed by atoms with Gasteiger partial charge in [-0.2, -0.15) is 5.10 Å². The molecule has 0 bridgehead atoms. The number of hydrogen-bond acceptors (Lipinski definition) is 4. The molecule has 3 aromatic rings. The molecule has 0 aliphatic heterocycles. The fraction of sp³-hybridized carbons (Fsp3) is 0.333. The van der Waals surface area contributed by atoms with Crippen LogP contribution in [0.3, 0.4) is 0 Å². The van der Waals surface area contributed by atoms with E-state index in [1.807, 2.05) is 30.3 Å². The summed E-state index contributed by atoms with van der Waals surface area (Å²) in [6.45, 7) is 1.31. The zero-order valence-corrected chi connectivity index (χ0v) is 14.9. The van der Waals surface area contributed by atoms with Crippen LogP contribution in [0.4, 0.5) is 0 Å². The lowest BCUT2D eigenvalue weighted by Crippen LogP contribution is -2.38. The number of rotatable bonds is 5. The minimum absolute atomic E-state index is 0.0244. The van der Waals surface area contributed by atoms with Gasteiger partial charge in [0.05, 0.1) is 25.2 Å². The molecule has 0 fully saturated rings. The summed E-state index contributed by atoms with van der Waals surface area (Å²) in [4.78, 5) is 12.5. The van der Waals surface area contributed by atoms with Gasteiger partial charge in [-0.05, 0) is 48.6 Å². The maximum atomic E-state index is 12.5. The van der Waals surface area contributed by atoms with E-state index in [2.05, 4.69) is 22.5 Å². The molecular formula is C21H23N3O2. The number of aromatic nitrogens is 2. The Labute approximate surface area is 152 Å². The third-order valence-corrected chi connectivity index (χ3v) is 5.16. The maximum absolute atomic E-state index is 12.5. The molecule has 5 nitrogen and oxygen atoms in total. The first-order valence-corrected chi connectivity index (χ1v) is 9.08. The zero-order chi connectivity index (χ0) is 17.9. The quantitative estimate of drug-likeness (QED) is 0.769. The fourth-order valence-electron chi connectivity index (χ4n) is 3.70. The van der Waals surface area contributed by atoms with Crippen molar-refractivity contribution in [1.29, 1.82) is 0 Å². The van der Waals surface area contributed by atoms with Crippen molar-refractivity contribution < 1.29 is 4.74 Å². The second kappa shape index (κ2) is 7.30. The van der Waals surface area contributed by atoms with E-state index in [9.17, 15) is 4.79 Å². The van der Waals surface area contributed by atoms with Crippen LogP contribution in [0.2, 0.25) is 0 Å². The maximum Gasteiger partial charge on any atom is 0.274 e. The Morgan fingerprint density at radius 3 is 3.00 bits per heavy atom. The number of nitrogens with one attached hydrogen (secondary N) is 1. The van der Waals surface area contributed by atoms with Crippen LogP contribution in [-0.4, -0.2) is 29.5 Å². The first-order chi connectivity index (χ1) is 12.7. The topological polar surface area (TPSA) is 56.1 Å². The van der Waals surface area contributed by atoms with Crippen LogP contribution in [0, 0.1) is 0 Å². The Morgan fingerprint density at radius 1 is 1.23 bits per heavy atom. The van der Waals surface area contributed by atoms with E-state index in [1.54, 1.807) is 18.0 Å². The average molecular weight is 349 g/mol. The van der Waals surface area contributed by atoms with Crippen LogP contribution in [0.25, 0.3) is 10.8 Å². The molecule has 0 radical (unpaired) electrons. The van der Waals surface area contributed by atoms with Crippen molar-refractivity contribution in [3.05, 3.63) is 70.1 Å². The van der Waals surface area contributed by atoms with Gasteiger partial charge in [0.2, 0.25) is 0 Å². The van der Waals surface area contributed by atoms with Gasteiger partial charge in [0.15, 0.2) is 0 Å². The van der Waals surface area contributed by atoms with Crippen LogP contribution in [-0.2, 0) is 19.4 Å². The Bertz CT molecular complexity index is 980. The third kappa shape index (κ3) is 3.35. The minimum Gasteiger partial charge on any atom is -0.497 e. The van der Waals surface area contributed by atoms with E-state index in [0.29, 0.717) is 12.6 Å². The highest BCUT2D eigenvalue weighted by Gasteiger charge is 2.18. The Kier molecular flexibility index (Phi) is 4.71. The molecule has 134 valence electrons. The summed E-state index contributed by atoms with van der Waals surface area (Å²) >= 11 is 0. The van der Waals surface area contributed by atoms with Crippen LogP contribution < -0.4 is 15.6 Å². The van der Waals surface area contributed by atoms with Crippen LogP contribution in [0.5, 0.6) is 5.75 Å². The predicted octanol–water partition coefficient (Wildman–Crippen LogP) is 2.55. The summed E-state index contributed by atoms with van der Waals surface area (Å²) in [7, 11) is 1.70. The van der Waals surface area contributed by atoms with E-state index in [-0.39, 0.29) is 5.56 Å². The summed E-state index contributed by atoms with van der Waals surface area (Å²) in [6, 6.07) is 14.3. The summed E-state index contributed by atoms with van der Waals surface area (Å²) in [6.07, 6.45) is 4.94. The van der Waals surface area contributed by atoms with Crippen LogP contribution in [0.15, 0.2) is 53.5 Å². The molecule has 4 rings (SSSR count). The Hall–Kier alpha value is -2.66. The van der Waals surface area contributed by atoms with Crippen molar-refractivity contribution in [1.82, 2.24) is 15.1 Å². The highest BCUT2D eigenvalue weighted by molar-refractivity contribution is 5.80. The predicted molar refractivity (Wildman–Crippen MR) is 103 cm³/mol. The first-order valence-electron chi connectivity index (χ1n) is 9.08. The molecule has 5 heteroatoms. The van der Waals surface area contributed by atoms with Gasteiger partial charge >= 0.3 is 0 Å². The van der Waals surface area contributed by atoms with Gasteiger partial charge in [-0.3, -0.25) is 4.79 Å². The first kappa shape index (κ1) is 16.8. The number of benzene rings is 2. The monoisotopic (exact) mass is 349 g/mol. The van der Waals surface area contributed by atoms with E-state index in [1.165, 1.54) is 11.1 Å². The zero-order valence-electron chi connectivity index (χ0n) is 14.9. The molecule has 2 aromatic carbocycles. The second-order valence-electron chi connectivity index (χ2n) is 6.79. The van der Waals surface area contributed by atoms with Crippen molar-refractivity contribution in [2.24, 2.45) is 0 Å². The molecule has 0 amide bonds. The molecule has 1 heterocycles. The van der Waals surface area contributed by atoms with Gasteiger partial charge < -0.3 is 10.1 Å². The van der Waals surface area contributed by atoms with Crippen molar-refractivity contribution >= 4 is 10.8 Å². The number of nitrogens with zero attached hydrogens (tertiary/aromatic N) is 2. The number of aryl methyl sites for hydroxylation is 1. The fourth-order valence-corrected chi connectivity index (χ4v) is 3.70. The van der Waals surface area contributed by atoms with E-state index in [0.717, 1.165) is 42.3 Å². The molecular weight excluding hydrogens is 326 g/mol. The largest absolute Gasteiger partial charge is 0.497 e. The second-order valence-corrected chi connectivity index (χ2v) is 6.79. The SMILES string of the molecule is COc1ccc2c(c1)C[C@H](NCCn1ncc3ccccc3c1=O)CC2. The Balaban J connectivity index is 1.39. The lowest BCUT2D eigenvalue weighted by Gasteiger charge is -2.26. The number of fused-ring (bicyclic) bond motifs is 2. The van der Waals surface area contributed by atoms with E-state index in [4.69, 9.17) is 4.74 Å². The number of methoxy groups -OCH3 is 1. The lowest BCUT2D eigenvalue weighted by atomic mass is 9.88.